The van der Waals surface area contributed by atoms with Crippen molar-refractivity contribution in [3.8, 4) is 11.3 Å². The molecule has 3 aromatic heterocycles. The second-order valence-electron chi connectivity index (χ2n) is 10.6. The van der Waals surface area contributed by atoms with Gasteiger partial charge in [0, 0.05) is 36.0 Å². The first-order chi connectivity index (χ1) is 16.7. The molecule has 0 spiro atoms. The molecular formula is C26H31ClN6O2. The molecule has 1 fully saturated rings. The van der Waals surface area contributed by atoms with Gasteiger partial charge in [0.1, 0.15) is 5.60 Å². The second kappa shape index (κ2) is 9.22. The number of pyridine rings is 1. The average molecular weight is 495 g/mol. The molecule has 2 aliphatic rings. The average Bonchev–Trinajstić information content (AvgIpc) is 3.13. The van der Waals surface area contributed by atoms with Crippen LogP contribution in [0.4, 0.5) is 4.79 Å². The van der Waals surface area contributed by atoms with Crippen molar-refractivity contribution in [2.45, 2.75) is 83.9 Å². The first-order valence-electron chi connectivity index (χ1n) is 12.2. The van der Waals surface area contributed by atoms with E-state index >= 15 is 0 Å². The lowest BCUT2D eigenvalue weighted by Gasteiger charge is -2.27. The van der Waals surface area contributed by atoms with Crippen LogP contribution in [0.15, 0.2) is 24.7 Å². The number of nitrogens with one attached hydrogen (secondary N) is 1. The summed E-state index contributed by atoms with van der Waals surface area (Å²) in [6, 6.07) is 1.89. The zero-order valence-corrected chi connectivity index (χ0v) is 21.4. The van der Waals surface area contributed by atoms with Gasteiger partial charge in [0.15, 0.2) is 0 Å². The lowest BCUT2D eigenvalue weighted by atomic mass is 9.78. The Labute approximate surface area is 210 Å². The Morgan fingerprint density at radius 3 is 2.57 bits per heavy atom. The standard InChI is InChI=1S/C26H31ClN6O2/c1-15-10-28-12-20(30-15)16-5-7-17(8-6-16)24-22-21(31-32-24)14-33(25(34)35-26(2,3)4)13-18-9-19(27)11-29-23(18)22/h9-12,16-17H,5-8,13-14H2,1-4H3,(H,31,32). The number of hydrogen-bond acceptors (Lipinski definition) is 6. The van der Waals surface area contributed by atoms with Crippen LogP contribution in [0.2, 0.25) is 5.02 Å². The van der Waals surface area contributed by atoms with Crippen molar-refractivity contribution in [3.63, 3.8) is 0 Å². The summed E-state index contributed by atoms with van der Waals surface area (Å²) >= 11 is 6.31. The maximum Gasteiger partial charge on any atom is 0.410 e. The van der Waals surface area contributed by atoms with Crippen molar-refractivity contribution in [3.05, 3.63) is 58.0 Å². The summed E-state index contributed by atoms with van der Waals surface area (Å²) in [7, 11) is 0. The maximum absolute atomic E-state index is 13.0. The molecule has 3 aromatic rings. The van der Waals surface area contributed by atoms with E-state index in [1.165, 1.54) is 0 Å². The molecule has 0 radical (unpaired) electrons. The summed E-state index contributed by atoms with van der Waals surface area (Å²) in [5.41, 5.74) is 6.10. The van der Waals surface area contributed by atoms with E-state index in [1.54, 1.807) is 17.3 Å². The molecule has 0 aromatic carbocycles. The number of aromatic amines is 1. The Balaban J connectivity index is 1.44. The fourth-order valence-corrected chi connectivity index (χ4v) is 5.33. The zero-order valence-electron chi connectivity index (χ0n) is 20.6. The van der Waals surface area contributed by atoms with E-state index < -0.39 is 5.60 Å². The third kappa shape index (κ3) is 5.03. The quantitative estimate of drug-likeness (QED) is 0.475. The van der Waals surface area contributed by atoms with Gasteiger partial charge in [-0.25, -0.2) is 4.79 Å². The van der Waals surface area contributed by atoms with E-state index in [-0.39, 0.29) is 6.09 Å². The van der Waals surface area contributed by atoms with E-state index in [4.69, 9.17) is 31.4 Å². The molecule has 1 aliphatic heterocycles. The minimum atomic E-state index is -0.582. The van der Waals surface area contributed by atoms with E-state index in [0.717, 1.165) is 65.3 Å². The van der Waals surface area contributed by atoms with Crippen LogP contribution < -0.4 is 0 Å². The first-order valence-corrected chi connectivity index (χ1v) is 12.5. The molecule has 9 heteroatoms. The third-order valence-electron chi connectivity index (χ3n) is 6.71. The second-order valence-corrected chi connectivity index (χ2v) is 11.0. The summed E-state index contributed by atoms with van der Waals surface area (Å²) in [6.45, 7) is 8.34. The van der Waals surface area contributed by atoms with Gasteiger partial charge >= 0.3 is 6.09 Å². The number of fused-ring (bicyclic) bond motifs is 3. The Kier molecular flexibility index (Phi) is 6.25. The van der Waals surface area contributed by atoms with Gasteiger partial charge in [0.25, 0.3) is 0 Å². The smallest absolute Gasteiger partial charge is 0.410 e. The molecule has 1 saturated carbocycles. The molecule has 0 saturated heterocycles. The van der Waals surface area contributed by atoms with Crippen molar-refractivity contribution < 1.29 is 9.53 Å². The molecule has 35 heavy (non-hydrogen) atoms. The van der Waals surface area contributed by atoms with Gasteiger partial charge in [-0.2, -0.15) is 5.10 Å². The molecular weight excluding hydrogens is 464 g/mol. The topological polar surface area (TPSA) is 96.9 Å². The van der Waals surface area contributed by atoms with Gasteiger partial charge in [-0.05, 0) is 65.0 Å². The van der Waals surface area contributed by atoms with Crippen LogP contribution >= 0.6 is 11.6 Å². The fourth-order valence-electron chi connectivity index (χ4n) is 5.15. The van der Waals surface area contributed by atoms with Gasteiger partial charge in [-0.15, -0.1) is 0 Å². The van der Waals surface area contributed by atoms with Crippen LogP contribution in [0, 0.1) is 6.92 Å². The minimum absolute atomic E-state index is 0.308. The molecule has 1 amide bonds. The number of amides is 1. The number of carbonyl (C=O) groups is 1. The number of aryl methyl sites for hydroxylation is 1. The van der Waals surface area contributed by atoms with Gasteiger partial charge in [-0.3, -0.25) is 25.0 Å². The van der Waals surface area contributed by atoms with E-state index in [1.807, 2.05) is 40.0 Å². The van der Waals surface area contributed by atoms with Crippen molar-refractivity contribution in [2.24, 2.45) is 0 Å². The zero-order chi connectivity index (χ0) is 24.7. The van der Waals surface area contributed by atoms with E-state index in [9.17, 15) is 4.79 Å². The Morgan fingerprint density at radius 1 is 1.11 bits per heavy atom. The van der Waals surface area contributed by atoms with E-state index in [2.05, 4.69) is 10.1 Å². The third-order valence-corrected chi connectivity index (χ3v) is 6.91. The fraction of sp³-hybridized carbons (Fsp3) is 0.500. The molecule has 0 bridgehead atoms. The van der Waals surface area contributed by atoms with Gasteiger partial charge in [0.2, 0.25) is 0 Å². The SMILES string of the molecule is Cc1cncc(C2CCC(c3n[nH]c4c3-c3ncc(Cl)cc3CN(C(=O)OC(C)(C)C)C4)CC2)n1. The minimum Gasteiger partial charge on any atom is -0.444 e. The molecule has 4 heterocycles. The van der Waals surface area contributed by atoms with Crippen molar-refractivity contribution in [2.75, 3.05) is 0 Å². The van der Waals surface area contributed by atoms with Crippen LogP contribution in [0.5, 0.6) is 0 Å². The largest absolute Gasteiger partial charge is 0.444 e. The number of rotatable bonds is 2. The van der Waals surface area contributed by atoms with Crippen LogP contribution in [0.3, 0.4) is 0 Å². The van der Waals surface area contributed by atoms with Crippen LogP contribution in [-0.4, -0.2) is 41.7 Å². The molecule has 184 valence electrons. The van der Waals surface area contributed by atoms with Crippen molar-refractivity contribution in [1.29, 1.82) is 0 Å². The number of H-pyrrole nitrogens is 1. The Bertz CT molecular complexity index is 1240. The summed E-state index contributed by atoms with van der Waals surface area (Å²) in [5.74, 6) is 0.727. The Morgan fingerprint density at radius 2 is 1.86 bits per heavy atom. The lowest BCUT2D eigenvalue weighted by molar-refractivity contribution is 0.0216. The molecule has 8 nitrogen and oxygen atoms in total. The number of halogens is 1. The number of nitrogens with zero attached hydrogens (tertiary/aromatic N) is 5. The van der Waals surface area contributed by atoms with Crippen LogP contribution in [-0.2, 0) is 17.8 Å². The number of hydrogen-bond donors (Lipinski definition) is 1. The molecule has 1 aliphatic carbocycles. The van der Waals surface area contributed by atoms with Gasteiger partial charge < -0.3 is 4.74 Å². The summed E-state index contributed by atoms with van der Waals surface area (Å²) in [6.07, 6.45) is 9.08. The maximum atomic E-state index is 13.0. The molecule has 1 N–H and O–H groups in total. The predicted octanol–water partition coefficient (Wildman–Crippen LogP) is 5.92. The number of carbonyl (C=O) groups excluding carboxylic acids is 1. The highest BCUT2D eigenvalue weighted by Crippen LogP contribution is 2.44. The summed E-state index contributed by atoms with van der Waals surface area (Å²) in [4.78, 5) is 28.4. The highest BCUT2D eigenvalue weighted by molar-refractivity contribution is 6.30. The van der Waals surface area contributed by atoms with Gasteiger partial charge in [0.05, 0.1) is 46.6 Å². The van der Waals surface area contributed by atoms with Gasteiger partial charge in [-0.1, -0.05) is 11.6 Å². The highest BCUT2D eigenvalue weighted by atomic mass is 35.5. The van der Waals surface area contributed by atoms with E-state index in [0.29, 0.717) is 29.9 Å². The lowest BCUT2D eigenvalue weighted by Crippen LogP contribution is -2.35. The highest BCUT2D eigenvalue weighted by Gasteiger charge is 2.34. The molecule has 0 atom stereocenters. The number of aromatic nitrogens is 5. The van der Waals surface area contributed by atoms with Crippen molar-refractivity contribution >= 4 is 17.7 Å². The van der Waals surface area contributed by atoms with Crippen LogP contribution in [0.1, 0.15) is 86.6 Å². The molecule has 5 rings (SSSR count). The monoisotopic (exact) mass is 494 g/mol. The molecule has 0 unspecified atom stereocenters. The Hall–Kier alpha value is -3.00. The summed E-state index contributed by atoms with van der Waals surface area (Å²) < 4.78 is 5.67. The van der Waals surface area contributed by atoms with Crippen molar-refractivity contribution in [1.82, 2.24) is 30.0 Å². The predicted molar refractivity (Wildman–Crippen MR) is 133 cm³/mol. The summed E-state index contributed by atoms with van der Waals surface area (Å²) in [5, 5.41) is 8.53. The normalized spacial score (nSPS) is 20.1. The van der Waals surface area contributed by atoms with Crippen LogP contribution in [0.25, 0.3) is 11.3 Å². The number of ether oxygens (including phenoxy) is 1. The first kappa shape index (κ1) is 23.7.